The summed E-state index contributed by atoms with van der Waals surface area (Å²) >= 11 is 6.31. The second kappa shape index (κ2) is 11.0. The van der Waals surface area contributed by atoms with Gasteiger partial charge in [-0.25, -0.2) is 9.67 Å². The molecule has 2 amide bonds. The molecule has 16 heteroatoms. The fourth-order valence-electron chi connectivity index (χ4n) is 4.12. The molecule has 0 aliphatic heterocycles. The van der Waals surface area contributed by atoms with E-state index >= 15 is 0 Å². The lowest BCUT2D eigenvalue weighted by Crippen LogP contribution is -2.40. The van der Waals surface area contributed by atoms with E-state index < -0.39 is 23.8 Å². The highest BCUT2D eigenvalue weighted by Crippen LogP contribution is 2.28. The molecule has 2 N–H and O–H groups in total. The van der Waals surface area contributed by atoms with E-state index in [0.29, 0.717) is 10.4 Å². The minimum Gasteiger partial charge on any atom is -0.349 e. The predicted molar refractivity (Wildman–Crippen MR) is 137 cm³/mol. The fraction of sp³-hybridized carbons (Fsp3) is 0.280. The summed E-state index contributed by atoms with van der Waals surface area (Å²) in [5, 5.41) is 29.3. The molecule has 1 aliphatic rings. The molecule has 1 aromatic carbocycles. The lowest BCUT2D eigenvalue weighted by atomic mass is 9.92. The van der Waals surface area contributed by atoms with Gasteiger partial charge in [0.1, 0.15) is 12.2 Å². The van der Waals surface area contributed by atoms with Crippen molar-refractivity contribution >= 4 is 29.1 Å². The first kappa shape index (κ1) is 27.7. The first-order chi connectivity index (χ1) is 19.5. The van der Waals surface area contributed by atoms with E-state index in [4.69, 9.17) is 11.6 Å². The van der Waals surface area contributed by atoms with Gasteiger partial charge in [-0.15, -0.1) is 10.2 Å². The molecular weight excluding hydrogens is 565 g/mol. The third kappa shape index (κ3) is 5.87. The zero-order valence-electron chi connectivity index (χ0n) is 21.3. The first-order valence-corrected chi connectivity index (χ1v) is 12.6. The molecule has 5 rings (SSSR count). The molecule has 12 nitrogen and oxygen atoms in total. The molecule has 3 aromatic heterocycles. The average Bonchev–Trinajstić information content (AvgIpc) is 3.55. The van der Waals surface area contributed by atoms with Crippen LogP contribution >= 0.6 is 11.6 Å². The molecule has 3 heterocycles. The average molecular weight is 585 g/mol. The Morgan fingerprint density at radius 3 is 2.61 bits per heavy atom. The number of pyridine rings is 1. The van der Waals surface area contributed by atoms with Crippen LogP contribution in [0.1, 0.15) is 62.8 Å². The molecule has 210 valence electrons. The van der Waals surface area contributed by atoms with Crippen molar-refractivity contribution in [2.45, 2.75) is 44.9 Å². The fourth-order valence-corrected chi connectivity index (χ4v) is 4.32. The highest BCUT2D eigenvalue weighted by molar-refractivity contribution is 6.32. The number of anilines is 1. The van der Waals surface area contributed by atoms with Gasteiger partial charge in [-0.3, -0.25) is 9.59 Å². The molecule has 1 aliphatic carbocycles. The smallest absolute Gasteiger partial charge is 0.349 e. The zero-order chi connectivity index (χ0) is 29.3. The van der Waals surface area contributed by atoms with Crippen molar-refractivity contribution in [2.75, 3.05) is 5.32 Å². The molecular formula is C25H20ClF3N10O2. The number of aryl methyl sites for hydroxylation is 1. The van der Waals surface area contributed by atoms with Gasteiger partial charge in [0.15, 0.2) is 5.82 Å². The number of halogens is 4. The van der Waals surface area contributed by atoms with Crippen LogP contribution in [0.4, 0.5) is 18.9 Å². The molecule has 1 saturated carbocycles. The lowest BCUT2D eigenvalue weighted by molar-refractivity contribution is -0.145. The monoisotopic (exact) mass is 584 g/mol. The molecule has 4 aromatic rings. The third-order valence-corrected chi connectivity index (χ3v) is 6.63. The lowest BCUT2D eigenvalue weighted by Gasteiger charge is -2.27. The van der Waals surface area contributed by atoms with Crippen molar-refractivity contribution in [1.82, 2.24) is 40.3 Å². The number of nitriles is 1. The Bertz CT molecular complexity index is 1690. The normalized spacial score (nSPS) is 13.4. The molecule has 1 fully saturated rings. The van der Waals surface area contributed by atoms with Crippen molar-refractivity contribution in [3.63, 3.8) is 0 Å². The Morgan fingerprint density at radius 2 is 1.98 bits per heavy atom. The van der Waals surface area contributed by atoms with Gasteiger partial charge in [-0.05, 0) is 67.3 Å². The highest BCUT2D eigenvalue weighted by Gasteiger charge is 2.37. The van der Waals surface area contributed by atoms with Gasteiger partial charge < -0.3 is 10.6 Å². The quantitative estimate of drug-likeness (QED) is 0.333. The molecule has 0 spiro atoms. The summed E-state index contributed by atoms with van der Waals surface area (Å²) in [6, 6.07) is 9.35. The summed E-state index contributed by atoms with van der Waals surface area (Å²) in [7, 11) is 0. The van der Waals surface area contributed by atoms with E-state index in [1.807, 2.05) is 6.07 Å². The number of alkyl halides is 3. The maximum Gasteiger partial charge on any atom is 0.455 e. The maximum absolute atomic E-state index is 13.7. The minimum absolute atomic E-state index is 0.00986. The van der Waals surface area contributed by atoms with Crippen LogP contribution in [0.5, 0.6) is 0 Å². The van der Waals surface area contributed by atoms with Crippen LogP contribution in [-0.4, -0.2) is 52.8 Å². The Morgan fingerprint density at radius 1 is 1.20 bits per heavy atom. The molecule has 41 heavy (non-hydrogen) atoms. The maximum atomic E-state index is 13.7. The van der Waals surface area contributed by atoms with E-state index in [9.17, 15) is 28.0 Å². The third-order valence-electron chi connectivity index (χ3n) is 6.33. The van der Waals surface area contributed by atoms with E-state index in [1.165, 1.54) is 30.5 Å². The Hall–Kier alpha value is -4.84. The molecule has 0 unspecified atom stereocenters. The Balaban J connectivity index is 1.51. The number of carbonyl (C=O) groups is 2. The molecule has 0 atom stereocenters. The standard InChI is InChI=1S/C25H20ClF3N10O2/c1-13-8-14(11-30)9-17(22(40)32-15-4-2-5-15)20(13)33-23(41)19-10-16(12-38-36-24(34-37-38)25(27,28)29)35-39(19)21-18(26)6-3-7-31-21/h3,6-10,15H,2,4-5,12H2,1H3,(H,32,40)(H,33,41). The van der Waals surface area contributed by atoms with Gasteiger partial charge >= 0.3 is 6.18 Å². The Kier molecular flexibility index (Phi) is 7.41. The van der Waals surface area contributed by atoms with Crippen molar-refractivity contribution in [3.05, 3.63) is 75.5 Å². The summed E-state index contributed by atoms with van der Waals surface area (Å²) in [6.07, 6.45) is -0.696. The molecule has 0 saturated heterocycles. The summed E-state index contributed by atoms with van der Waals surface area (Å²) < 4.78 is 39.9. The van der Waals surface area contributed by atoms with Crippen LogP contribution < -0.4 is 10.6 Å². The number of nitrogens with zero attached hydrogens (tertiary/aromatic N) is 8. The number of carbonyl (C=O) groups excluding carboxylic acids is 2. The van der Waals surface area contributed by atoms with Crippen LogP contribution in [0.3, 0.4) is 0 Å². The topological polar surface area (TPSA) is 156 Å². The summed E-state index contributed by atoms with van der Waals surface area (Å²) in [5.74, 6) is -2.51. The van der Waals surface area contributed by atoms with Gasteiger partial charge in [0.2, 0.25) is 0 Å². The second-order valence-electron chi connectivity index (χ2n) is 9.27. The number of tetrazole rings is 1. The van der Waals surface area contributed by atoms with Gasteiger partial charge in [-0.2, -0.15) is 28.3 Å². The number of amides is 2. The largest absolute Gasteiger partial charge is 0.455 e. The van der Waals surface area contributed by atoms with Crippen LogP contribution in [0.2, 0.25) is 5.02 Å². The van der Waals surface area contributed by atoms with Gasteiger partial charge in [0.25, 0.3) is 17.6 Å². The SMILES string of the molecule is Cc1cc(C#N)cc(C(=O)NC2CCC2)c1NC(=O)c1cc(Cn2nnc(C(F)(F)F)n2)nn1-c1ncccc1Cl. The summed E-state index contributed by atoms with van der Waals surface area (Å²) in [4.78, 5) is 31.6. The number of aromatic nitrogens is 7. The zero-order valence-corrected chi connectivity index (χ0v) is 22.0. The first-order valence-electron chi connectivity index (χ1n) is 12.2. The van der Waals surface area contributed by atoms with Gasteiger partial charge in [0, 0.05) is 12.2 Å². The molecule has 0 radical (unpaired) electrons. The summed E-state index contributed by atoms with van der Waals surface area (Å²) in [5.41, 5.74) is 0.999. The van der Waals surface area contributed by atoms with Crippen LogP contribution in [0, 0.1) is 18.3 Å². The van der Waals surface area contributed by atoms with Crippen molar-refractivity contribution in [1.29, 1.82) is 5.26 Å². The van der Waals surface area contributed by atoms with Gasteiger partial charge in [-0.1, -0.05) is 11.6 Å². The van der Waals surface area contributed by atoms with E-state index in [2.05, 4.69) is 36.1 Å². The van der Waals surface area contributed by atoms with E-state index in [1.54, 1.807) is 13.0 Å². The number of rotatable bonds is 7. The Labute approximate surface area is 235 Å². The van der Waals surface area contributed by atoms with Crippen molar-refractivity contribution in [2.24, 2.45) is 0 Å². The number of hydrogen-bond acceptors (Lipinski definition) is 8. The minimum atomic E-state index is -4.79. The molecule has 0 bridgehead atoms. The van der Waals surface area contributed by atoms with Crippen LogP contribution in [0.25, 0.3) is 5.82 Å². The van der Waals surface area contributed by atoms with E-state index in [0.717, 1.165) is 23.9 Å². The van der Waals surface area contributed by atoms with Crippen LogP contribution in [0.15, 0.2) is 36.5 Å². The van der Waals surface area contributed by atoms with Crippen molar-refractivity contribution < 1.29 is 22.8 Å². The number of nitrogens with one attached hydrogen (secondary N) is 2. The highest BCUT2D eigenvalue weighted by atomic mass is 35.5. The second-order valence-corrected chi connectivity index (χ2v) is 9.67. The number of benzene rings is 1. The van der Waals surface area contributed by atoms with E-state index in [-0.39, 0.29) is 51.6 Å². The number of hydrogen-bond donors (Lipinski definition) is 2. The van der Waals surface area contributed by atoms with Crippen LogP contribution in [-0.2, 0) is 12.7 Å². The van der Waals surface area contributed by atoms with Gasteiger partial charge in [0.05, 0.1) is 33.6 Å². The van der Waals surface area contributed by atoms with Crippen molar-refractivity contribution in [3.8, 4) is 11.9 Å². The summed E-state index contributed by atoms with van der Waals surface area (Å²) in [6.45, 7) is 1.29. The predicted octanol–water partition coefficient (Wildman–Crippen LogP) is 3.69.